The molecular weight excluding hydrogens is 468 g/mol. The molecule has 9 nitrogen and oxygen atoms in total. The first kappa shape index (κ1) is 22.5. The molecule has 4 rings (SSSR count). The number of benzene rings is 1. The summed E-state index contributed by atoms with van der Waals surface area (Å²) in [5, 5.41) is -0.161. The Morgan fingerprint density at radius 2 is 1.97 bits per heavy atom. The molecule has 33 heavy (non-hydrogen) atoms. The van der Waals surface area contributed by atoms with E-state index >= 15 is 0 Å². The zero-order valence-electron chi connectivity index (χ0n) is 17.5. The van der Waals surface area contributed by atoms with Crippen LogP contribution in [-0.4, -0.2) is 38.0 Å². The average Bonchev–Trinajstić information content (AvgIpc) is 3.11. The predicted molar refractivity (Wildman–Crippen MR) is 120 cm³/mol. The van der Waals surface area contributed by atoms with Gasteiger partial charge in [0.2, 0.25) is 5.88 Å². The topological polar surface area (TPSA) is 103 Å². The van der Waals surface area contributed by atoms with Crippen LogP contribution in [0.2, 0.25) is 5.15 Å². The van der Waals surface area contributed by atoms with Crippen LogP contribution in [0.5, 0.6) is 11.6 Å². The van der Waals surface area contributed by atoms with Gasteiger partial charge in [-0.2, -0.15) is 8.42 Å². The quantitative estimate of drug-likeness (QED) is 0.385. The molecule has 1 unspecified atom stereocenters. The molecule has 0 saturated heterocycles. The van der Waals surface area contributed by atoms with Gasteiger partial charge in [0.1, 0.15) is 10.9 Å². The molecule has 3 aromatic rings. The Balaban J connectivity index is 1.91. The van der Waals surface area contributed by atoms with Crippen LogP contribution in [-0.2, 0) is 14.8 Å². The van der Waals surface area contributed by atoms with Crippen molar-refractivity contribution in [1.29, 1.82) is 0 Å². The third-order valence-corrected chi connectivity index (χ3v) is 6.85. The molecule has 0 bridgehead atoms. The van der Waals surface area contributed by atoms with Crippen LogP contribution in [0.3, 0.4) is 0 Å². The third-order valence-electron chi connectivity index (χ3n) is 5.01. The van der Waals surface area contributed by atoms with E-state index < -0.39 is 21.8 Å². The van der Waals surface area contributed by atoms with Crippen LogP contribution >= 0.6 is 11.6 Å². The van der Waals surface area contributed by atoms with E-state index in [0.717, 1.165) is 0 Å². The predicted octanol–water partition coefficient (Wildman–Crippen LogP) is 3.96. The SMILES string of the molecule is [C-]#[N+]c1ccc2c(c1)C(c1ccc(Cl)nc1OCC)C(=O)N2S(=O)(=O)c1ccc(OC)cn1. The van der Waals surface area contributed by atoms with Crippen molar-refractivity contribution in [2.24, 2.45) is 0 Å². The summed E-state index contributed by atoms with van der Waals surface area (Å²) in [6, 6.07) is 10.1. The molecule has 3 heterocycles. The number of fused-ring (bicyclic) bond motifs is 1. The number of hydrogen-bond acceptors (Lipinski definition) is 7. The molecule has 0 aliphatic carbocycles. The van der Waals surface area contributed by atoms with Crippen LogP contribution < -0.4 is 13.8 Å². The molecule has 0 N–H and O–H groups in total. The zero-order chi connectivity index (χ0) is 23.8. The number of carbonyl (C=O) groups is 1. The fourth-order valence-electron chi connectivity index (χ4n) is 3.58. The summed E-state index contributed by atoms with van der Waals surface area (Å²) in [7, 11) is -2.94. The highest BCUT2D eigenvalue weighted by molar-refractivity contribution is 7.93. The summed E-state index contributed by atoms with van der Waals surface area (Å²) in [4.78, 5) is 25.2. The van der Waals surface area contributed by atoms with Gasteiger partial charge in [-0.15, -0.1) is 0 Å². The highest BCUT2D eigenvalue weighted by Crippen LogP contribution is 2.47. The zero-order valence-corrected chi connectivity index (χ0v) is 19.1. The van der Waals surface area contributed by atoms with Crippen molar-refractivity contribution in [3.05, 3.63) is 76.4 Å². The minimum absolute atomic E-state index is 0.115. The van der Waals surface area contributed by atoms with Crippen molar-refractivity contribution >= 4 is 38.9 Å². The van der Waals surface area contributed by atoms with Gasteiger partial charge in [0.05, 0.1) is 38.1 Å². The number of ether oxygens (including phenoxy) is 2. The number of halogens is 1. The van der Waals surface area contributed by atoms with Gasteiger partial charge in [-0.25, -0.2) is 19.1 Å². The Hall–Kier alpha value is -3.68. The first-order valence-electron chi connectivity index (χ1n) is 9.71. The first-order valence-corrected chi connectivity index (χ1v) is 11.5. The van der Waals surface area contributed by atoms with E-state index in [2.05, 4.69) is 14.8 Å². The molecule has 1 aliphatic heterocycles. The van der Waals surface area contributed by atoms with Gasteiger partial charge in [0.15, 0.2) is 10.7 Å². The van der Waals surface area contributed by atoms with Gasteiger partial charge >= 0.3 is 0 Å². The van der Waals surface area contributed by atoms with Gasteiger partial charge in [-0.1, -0.05) is 23.7 Å². The Morgan fingerprint density at radius 3 is 2.61 bits per heavy atom. The third kappa shape index (κ3) is 3.86. The molecule has 2 aromatic heterocycles. The molecule has 0 fully saturated rings. The maximum Gasteiger partial charge on any atom is 0.288 e. The summed E-state index contributed by atoms with van der Waals surface area (Å²) < 4.78 is 38.3. The van der Waals surface area contributed by atoms with Crippen molar-refractivity contribution in [2.45, 2.75) is 17.9 Å². The number of hydrogen-bond donors (Lipinski definition) is 0. The van der Waals surface area contributed by atoms with E-state index in [-0.39, 0.29) is 34.0 Å². The number of sulfonamides is 1. The maximum absolute atomic E-state index is 13.6. The highest BCUT2D eigenvalue weighted by atomic mass is 35.5. The Kier molecular flexibility index (Phi) is 5.93. The van der Waals surface area contributed by atoms with Crippen molar-refractivity contribution in [1.82, 2.24) is 9.97 Å². The Morgan fingerprint density at radius 1 is 1.18 bits per heavy atom. The molecule has 11 heteroatoms. The highest BCUT2D eigenvalue weighted by Gasteiger charge is 2.46. The molecule has 1 amide bonds. The molecule has 0 radical (unpaired) electrons. The number of anilines is 1. The van der Waals surface area contributed by atoms with Crippen molar-refractivity contribution < 1.29 is 22.7 Å². The molecule has 168 valence electrons. The number of pyridine rings is 2. The normalized spacial score (nSPS) is 15.2. The second kappa shape index (κ2) is 8.69. The van der Waals surface area contributed by atoms with Crippen molar-refractivity contribution in [3.8, 4) is 11.6 Å². The summed E-state index contributed by atoms with van der Waals surface area (Å²) in [6.45, 7) is 9.35. The van der Waals surface area contributed by atoms with E-state index in [0.29, 0.717) is 21.2 Å². The number of rotatable bonds is 6. The second-order valence-corrected chi connectivity index (χ2v) is 9.01. The average molecular weight is 485 g/mol. The van der Waals surface area contributed by atoms with Gasteiger partial charge in [-0.05, 0) is 42.8 Å². The summed E-state index contributed by atoms with van der Waals surface area (Å²) >= 11 is 6.01. The van der Waals surface area contributed by atoms with E-state index in [9.17, 15) is 13.2 Å². The minimum atomic E-state index is -4.37. The molecule has 1 atom stereocenters. The van der Waals surface area contributed by atoms with E-state index in [1.807, 2.05) is 0 Å². The lowest BCUT2D eigenvalue weighted by Gasteiger charge is -2.18. The van der Waals surface area contributed by atoms with Crippen molar-refractivity contribution in [2.75, 3.05) is 18.0 Å². The lowest BCUT2D eigenvalue weighted by atomic mass is 9.93. The molecule has 1 aromatic carbocycles. The summed E-state index contributed by atoms with van der Waals surface area (Å²) in [5.41, 5.74) is 1.08. The number of amides is 1. The molecule has 0 spiro atoms. The van der Waals surface area contributed by atoms with Gasteiger partial charge in [-0.3, -0.25) is 4.79 Å². The number of carbonyl (C=O) groups excluding carboxylic acids is 1. The van der Waals surface area contributed by atoms with Crippen LogP contribution in [0, 0.1) is 6.57 Å². The van der Waals surface area contributed by atoms with Crippen LogP contribution in [0.25, 0.3) is 4.85 Å². The lowest BCUT2D eigenvalue weighted by Crippen LogP contribution is -2.36. The smallest absolute Gasteiger partial charge is 0.288 e. The van der Waals surface area contributed by atoms with Crippen molar-refractivity contribution in [3.63, 3.8) is 0 Å². The first-order chi connectivity index (χ1) is 15.8. The van der Waals surface area contributed by atoms with E-state index in [1.54, 1.807) is 13.0 Å². The number of aromatic nitrogens is 2. The van der Waals surface area contributed by atoms with Crippen LogP contribution in [0.15, 0.2) is 53.7 Å². The van der Waals surface area contributed by atoms with Gasteiger partial charge in [0, 0.05) is 5.56 Å². The lowest BCUT2D eigenvalue weighted by molar-refractivity contribution is -0.117. The van der Waals surface area contributed by atoms with Crippen LogP contribution in [0.4, 0.5) is 11.4 Å². The standard InChI is InChI=1S/C22H17ClN4O5S/c1-4-32-21-15(7-9-18(23)26-21)20-16-11-13(24-2)5-8-17(16)27(22(20)28)33(29,30)19-10-6-14(31-3)12-25-19/h5-12,20H,4H2,1,3H3. The number of nitrogens with zero attached hydrogens (tertiary/aromatic N) is 4. The fourth-order valence-corrected chi connectivity index (χ4v) is 5.10. The molecular formula is C22H17ClN4O5S. The molecule has 1 aliphatic rings. The molecule has 0 saturated carbocycles. The largest absolute Gasteiger partial charge is 0.495 e. The fraction of sp³-hybridized carbons (Fsp3) is 0.182. The van der Waals surface area contributed by atoms with E-state index in [4.69, 9.17) is 27.6 Å². The summed E-state index contributed by atoms with van der Waals surface area (Å²) in [6.07, 6.45) is 1.25. The van der Waals surface area contributed by atoms with E-state index in [1.165, 1.54) is 49.7 Å². The Labute approximate surface area is 195 Å². The Bertz CT molecular complexity index is 1390. The maximum atomic E-state index is 13.6. The summed E-state index contributed by atoms with van der Waals surface area (Å²) in [5.74, 6) is -1.32. The minimum Gasteiger partial charge on any atom is -0.495 e. The van der Waals surface area contributed by atoms with Gasteiger partial charge in [0.25, 0.3) is 15.9 Å². The van der Waals surface area contributed by atoms with Crippen LogP contribution in [0.1, 0.15) is 24.0 Å². The second-order valence-electron chi connectivity index (χ2n) is 6.89. The number of methoxy groups -OCH3 is 1. The monoisotopic (exact) mass is 484 g/mol. The van der Waals surface area contributed by atoms with Gasteiger partial charge < -0.3 is 9.47 Å².